The number of carbonyl (C=O) groups excluding carboxylic acids is 2. The van der Waals surface area contributed by atoms with Crippen molar-refractivity contribution in [1.29, 1.82) is 0 Å². The number of benzene rings is 1. The molecule has 0 aliphatic carbocycles. The van der Waals surface area contributed by atoms with Crippen molar-refractivity contribution in [2.24, 2.45) is 0 Å². The van der Waals surface area contributed by atoms with E-state index < -0.39 is 6.04 Å². The van der Waals surface area contributed by atoms with Crippen molar-refractivity contribution in [1.82, 2.24) is 10.2 Å². The van der Waals surface area contributed by atoms with Gasteiger partial charge < -0.3 is 15.0 Å². The average Bonchev–Trinajstić information content (AvgIpc) is 2.45. The van der Waals surface area contributed by atoms with E-state index in [-0.39, 0.29) is 11.8 Å². The summed E-state index contributed by atoms with van der Waals surface area (Å²) < 4.78 is 5.37. The molecule has 0 aliphatic heterocycles. The second-order valence-electron chi connectivity index (χ2n) is 5.10. The van der Waals surface area contributed by atoms with E-state index in [1.807, 2.05) is 31.2 Å². The molecular weight excluding hydrogens is 268 g/mol. The Morgan fingerprint density at radius 3 is 2.38 bits per heavy atom. The zero-order valence-corrected chi connectivity index (χ0v) is 13.2. The van der Waals surface area contributed by atoms with Crippen LogP contribution in [0.1, 0.15) is 25.8 Å². The first-order chi connectivity index (χ1) is 9.93. The number of hydrogen-bond acceptors (Lipinski definition) is 3. The summed E-state index contributed by atoms with van der Waals surface area (Å²) in [6.07, 6.45) is 1.00. The molecule has 0 fully saturated rings. The average molecular weight is 292 g/mol. The summed E-state index contributed by atoms with van der Waals surface area (Å²) in [6.45, 7) is 4.27. The molecule has 0 aromatic heterocycles. The van der Waals surface area contributed by atoms with E-state index in [0.29, 0.717) is 19.4 Å². The second kappa shape index (κ2) is 8.29. The Morgan fingerprint density at radius 2 is 1.86 bits per heavy atom. The number of nitrogens with one attached hydrogen (secondary N) is 1. The van der Waals surface area contributed by atoms with Gasteiger partial charge in [-0.2, -0.15) is 0 Å². The van der Waals surface area contributed by atoms with Gasteiger partial charge in [0.15, 0.2) is 0 Å². The fourth-order valence-electron chi connectivity index (χ4n) is 1.94. The van der Waals surface area contributed by atoms with Crippen LogP contribution in [0.5, 0.6) is 5.75 Å². The summed E-state index contributed by atoms with van der Waals surface area (Å²) in [7, 11) is 3.34. The Bertz CT molecular complexity index is 469. The van der Waals surface area contributed by atoms with Gasteiger partial charge in [0, 0.05) is 20.5 Å². The molecule has 0 saturated carbocycles. The van der Waals surface area contributed by atoms with Crippen LogP contribution in [0.15, 0.2) is 24.3 Å². The zero-order chi connectivity index (χ0) is 15.8. The first-order valence-corrected chi connectivity index (χ1v) is 7.16. The standard InChI is InChI=1S/C16H24N2O3/c1-5-21-14-9-6-13(7-10-14)8-11-15(19)17-12(2)16(20)18(3)4/h6-7,9-10,12H,5,8,11H2,1-4H3,(H,17,19)/t12-/m0/s1. The number of nitrogens with zero attached hydrogens (tertiary/aromatic N) is 1. The van der Waals surface area contributed by atoms with Gasteiger partial charge in [0.05, 0.1) is 6.61 Å². The third-order valence-corrected chi connectivity index (χ3v) is 3.06. The van der Waals surface area contributed by atoms with Gasteiger partial charge in [0.1, 0.15) is 11.8 Å². The Hall–Kier alpha value is -2.04. The van der Waals surface area contributed by atoms with Crippen molar-refractivity contribution in [3.05, 3.63) is 29.8 Å². The van der Waals surface area contributed by atoms with E-state index in [2.05, 4.69) is 5.32 Å². The predicted molar refractivity (Wildman–Crippen MR) is 82.2 cm³/mol. The lowest BCUT2D eigenvalue weighted by atomic mass is 10.1. The normalized spacial score (nSPS) is 11.6. The Morgan fingerprint density at radius 1 is 1.24 bits per heavy atom. The van der Waals surface area contributed by atoms with Crippen LogP contribution < -0.4 is 10.1 Å². The summed E-state index contributed by atoms with van der Waals surface area (Å²) in [5.41, 5.74) is 1.07. The lowest BCUT2D eigenvalue weighted by Crippen LogP contribution is -2.44. The van der Waals surface area contributed by atoms with E-state index in [1.165, 1.54) is 4.90 Å². The van der Waals surface area contributed by atoms with Crippen LogP contribution in [0.25, 0.3) is 0 Å². The molecule has 1 rings (SSSR count). The lowest BCUT2D eigenvalue weighted by molar-refractivity contribution is -0.133. The summed E-state index contributed by atoms with van der Waals surface area (Å²) in [5, 5.41) is 2.71. The highest BCUT2D eigenvalue weighted by molar-refractivity contribution is 5.87. The molecule has 0 heterocycles. The molecule has 0 aliphatic rings. The van der Waals surface area contributed by atoms with Crippen LogP contribution in [0, 0.1) is 0 Å². The zero-order valence-electron chi connectivity index (χ0n) is 13.2. The van der Waals surface area contributed by atoms with Crippen LogP contribution in [-0.2, 0) is 16.0 Å². The molecule has 1 N–H and O–H groups in total. The third-order valence-electron chi connectivity index (χ3n) is 3.06. The van der Waals surface area contributed by atoms with Crippen molar-refractivity contribution >= 4 is 11.8 Å². The van der Waals surface area contributed by atoms with Gasteiger partial charge in [-0.15, -0.1) is 0 Å². The number of rotatable bonds is 7. The Balaban J connectivity index is 2.40. The summed E-state index contributed by atoms with van der Waals surface area (Å²) in [5.74, 6) is 0.604. The van der Waals surface area contributed by atoms with Crippen LogP contribution in [0.2, 0.25) is 0 Å². The molecule has 21 heavy (non-hydrogen) atoms. The highest BCUT2D eigenvalue weighted by atomic mass is 16.5. The Kier molecular flexibility index (Phi) is 6.72. The van der Waals surface area contributed by atoms with Gasteiger partial charge in [-0.3, -0.25) is 9.59 Å². The minimum atomic E-state index is -0.493. The van der Waals surface area contributed by atoms with Gasteiger partial charge in [-0.25, -0.2) is 0 Å². The summed E-state index contributed by atoms with van der Waals surface area (Å²) in [6, 6.07) is 7.20. The smallest absolute Gasteiger partial charge is 0.244 e. The largest absolute Gasteiger partial charge is 0.494 e. The quantitative estimate of drug-likeness (QED) is 0.830. The lowest BCUT2D eigenvalue weighted by Gasteiger charge is -2.17. The molecule has 2 amide bonds. The molecule has 5 nitrogen and oxygen atoms in total. The molecule has 0 saturated heterocycles. The molecular formula is C16H24N2O3. The highest BCUT2D eigenvalue weighted by Gasteiger charge is 2.16. The van der Waals surface area contributed by atoms with Crippen LogP contribution >= 0.6 is 0 Å². The molecule has 0 spiro atoms. The van der Waals surface area contributed by atoms with E-state index in [0.717, 1.165) is 11.3 Å². The maximum Gasteiger partial charge on any atom is 0.244 e. The van der Waals surface area contributed by atoms with Gasteiger partial charge in [-0.1, -0.05) is 12.1 Å². The fraction of sp³-hybridized carbons (Fsp3) is 0.500. The van der Waals surface area contributed by atoms with Crippen LogP contribution in [0.4, 0.5) is 0 Å². The van der Waals surface area contributed by atoms with Gasteiger partial charge in [-0.05, 0) is 38.0 Å². The van der Waals surface area contributed by atoms with Gasteiger partial charge in [0.25, 0.3) is 0 Å². The van der Waals surface area contributed by atoms with Crippen LogP contribution in [-0.4, -0.2) is 43.5 Å². The molecule has 0 radical (unpaired) electrons. The molecule has 0 bridgehead atoms. The maximum absolute atomic E-state index is 11.8. The Labute approximate surface area is 126 Å². The number of hydrogen-bond donors (Lipinski definition) is 1. The molecule has 1 atom stereocenters. The first kappa shape index (κ1) is 17.0. The predicted octanol–water partition coefficient (Wildman–Crippen LogP) is 1.61. The van der Waals surface area contributed by atoms with Crippen LogP contribution in [0.3, 0.4) is 0 Å². The number of ether oxygens (including phenoxy) is 1. The van der Waals surface area contributed by atoms with Gasteiger partial charge >= 0.3 is 0 Å². The molecule has 116 valence electrons. The van der Waals surface area contributed by atoms with E-state index in [1.54, 1.807) is 21.0 Å². The van der Waals surface area contributed by atoms with Crippen molar-refractivity contribution in [2.75, 3.05) is 20.7 Å². The monoisotopic (exact) mass is 292 g/mol. The minimum absolute atomic E-state index is 0.107. The number of carbonyl (C=O) groups is 2. The summed E-state index contributed by atoms with van der Waals surface area (Å²) >= 11 is 0. The SMILES string of the molecule is CCOc1ccc(CCC(=O)N[C@@H](C)C(=O)N(C)C)cc1. The number of aryl methyl sites for hydroxylation is 1. The molecule has 1 aromatic carbocycles. The highest BCUT2D eigenvalue weighted by Crippen LogP contribution is 2.13. The van der Waals surface area contributed by atoms with E-state index in [9.17, 15) is 9.59 Å². The third kappa shape index (κ3) is 5.85. The first-order valence-electron chi connectivity index (χ1n) is 7.16. The number of likely N-dealkylation sites (N-methyl/N-ethyl adjacent to an activating group) is 1. The summed E-state index contributed by atoms with van der Waals surface area (Å²) in [4.78, 5) is 24.9. The van der Waals surface area contributed by atoms with E-state index >= 15 is 0 Å². The second-order valence-corrected chi connectivity index (χ2v) is 5.10. The number of amides is 2. The van der Waals surface area contributed by atoms with E-state index in [4.69, 9.17) is 4.74 Å². The fourth-order valence-corrected chi connectivity index (χ4v) is 1.94. The molecule has 1 aromatic rings. The van der Waals surface area contributed by atoms with Crippen molar-refractivity contribution in [3.63, 3.8) is 0 Å². The maximum atomic E-state index is 11.8. The van der Waals surface area contributed by atoms with Crippen molar-refractivity contribution in [2.45, 2.75) is 32.7 Å². The minimum Gasteiger partial charge on any atom is -0.494 e. The molecule has 5 heteroatoms. The van der Waals surface area contributed by atoms with Crippen molar-refractivity contribution in [3.8, 4) is 5.75 Å². The molecule has 0 unspecified atom stereocenters. The topological polar surface area (TPSA) is 58.6 Å². The van der Waals surface area contributed by atoms with Crippen molar-refractivity contribution < 1.29 is 14.3 Å². The van der Waals surface area contributed by atoms with Gasteiger partial charge in [0.2, 0.25) is 11.8 Å².